The van der Waals surface area contributed by atoms with Gasteiger partial charge in [0, 0.05) is 6.61 Å². The normalized spacial score (nSPS) is 7.24. The second-order valence-corrected chi connectivity index (χ2v) is 9.27. The van der Waals surface area contributed by atoms with Gasteiger partial charge < -0.3 is 72.0 Å². The van der Waals surface area contributed by atoms with Gasteiger partial charge in [0.2, 0.25) is 0 Å². The average Bonchev–Trinajstić information content (AvgIpc) is 2.03. The van der Waals surface area contributed by atoms with Gasteiger partial charge >= 0.3 is 92.5 Å². The molecule has 0 aromatic heterocycles. The molecule has 0 spiro atoms. The fourth-order valence-corrected chi connectivity index (χ4v) is 1.63. The molecular formula is C10H21Cl2CuILi4NOSi. The standard InChI is InChI=1S/C9H21OSi.CN.2ClH.Cu.HI.4Li/c1-7-8-10-11(5,6)9(2,3)4;1-2;;;;;;;;/h1,7-8H2,2-6H3;;2*1H;;1H;;;;/q2*-1;;;+1;;4*+1/p-3. The van der Waals surface area contributed by atoms with Gasteiger partial charge in [-0.05, 0) is 18.1 Å². The Morgan fingerprint density at radius 3 is 1.38 bits per heavy atom. The summed E-state index contributed by atoms with van der Waals surface area (Å²) in [6, 6.07) is 0. The average molecular weight is 488 g/mol. The largest absolute Gasteiger partial charge is 1.00 e. The summed E-state index contributed by atoms with van der Waals surface area (Å²) < 4.78 is 5.82. The molecule has 0 saturated carbocycles. The summed E-state index contributed by atoms with van der Waals surface area (Å²) in [5, 5.41) is 6.59. The molecule has 0 unspecified atom stereocenters. The Kier molecular flexibility index (Phi) is 107. The van der Waals surface area contributed by atoms with Crippen LogP contribution in [0.5, 0.6) is 0 Å². The molecular weight excluding hydrogens is 467 g/mol. The molecule has 0 atom stereocenters. The molecule has 0 aliphatic carbocycles. The van der Waals surface area contributed by atoms with Gasteiger partial charge in [-0.25, -0.2) is 0 Å². The maximum atomic E-state index is 6.25. The maximum absolute atomic E-state index is 6.25. The van der Waals surface area contributed by atoms with Crippen LogP contribution in [0.3, 0.4) is 0 Å². The quantitative estimate of drug-likeness (QED) is 0.225. The van der Waals surface area contributed by atoms with E-state index in [0.717, 1.165) is 13.0 Å². The fourth-order valence-electron chi connectivity index (χ4n) is 0.544. The van der Waals surface area contributed by atoms with E-state index in [1.807, 2.05) is 0 Å². The van der Waals surface area contributed by atoms with Crippen LogP contribution < -0.4 is 124 Å². The third-order valence-corrected chi connectivity index (χ3v) is 6.95. The van der Waals surface area contributed by atoms with Crippen LogP contribution in [0.4, 0.5) is 0 Å². The van der Waals surface area contributed by atoms with Crippen molar-refractivity contribution in [3.05, 3.63) is 13.5 Å². The van der Waals surface area contributed by atoms with Crippen molar-refractivity contribution in [3.63, 3.8) is 0 Å². The third-order valence-electron chi connectivity index (χ3n) is 2.41. The summed E-state index contributed by atoms with van der Waals surface area (Å²) in [4.78, 5) is 0. The Labute approximate surface area is 221 Å². The second-order valence-electron chi connectivity index (χ2n) is 4.46. The Balaban J connectivity index is -0.0000000145. The van der Waals surface area contributed by atoms with E-state index in [2.05, 4.69) is 40.8 Å². The first-order valence-electron chi connectivity index (χ1n) is 4.47. The van der Waals surface area contributed by atoms with Gasteiger partial charge in [0.05, 0.1) is 0 Å². The van der Waals surface area contributed by atoms with Crippen LogP contribution >= 0.6 is 0 Å². The van der Waals surface area contributed by atoms with Crippen LogP contribution in [-0.2, 0) is 21.5 Å². The van der Waals surface area contributed by atoms with E-state index in [4.69, 9.17) is 16.3 Å². The first-order chi connectivity index (χ1) is 5.81. The monoisotopic (exact) mass is 487 g/mol. The molecule has 0 saturated heterocycles. The SMILES string of the molecule is [C-]#N.[CH2-]CCO[Si](C)(C)C(C)(C)C.[Cl-].[Cl-].[Cu+].[I-].[Li+].[Li+].[Li+].[Li+]. The minimum Gasteiger partial charge on any atom is -1.00 e. The maximum Gasteiger partial charge on any atom is 1.00 e. The van der Waals surface area contributed by atoms with E-state index >= 15 is 0 Å². The van der Waals surface area contributed by atoms with E-state index in [0.29, 0.717) is 5.04 Å². The van der Waals surface area contributed by atoms with Crippen LogP contribution in [-0.4, -0.2) is 14.9 Å². The number of hydrogen-bond donors (Lipinski definition) is 0. The summed E-state index contributed by atoms with van der Waals surface area (Å²) in [7, 11) is -1.47. The summed E-state index contributed by atoms with van der Waals surface area (Å²) in [5.74, 6) is 0. The van der Waals surface area contributed by atoms with Gasteiger partial charge in [0.15, 0.2) is 8.32 Å². The van der Waals surface area contributed by atoms with Crippen molar-refractivity contribution in [2.45, 2.75) is 45.3 Å². The summed E-state index contributed by atoms with van der Waals surface area (Å²) in [6.07, 6.45) is 0.881. The molecule has 21 heavy (non-hydrogen) atoms. The predicted octanol–water partition coefficient (Wildman–Crippen LogP) is -17.6. The molecule has 2 nitrogen and oxygen atoms in total. The Morgan fingerprint density at radius 2 is 1.24 bits per heavy atom. The molecule has 112 valence electrons. The molecule has 0 amide bonds. The van der Waals surface area contributed by atoms with E-state index in [9.17, 15) is 0 Å². The summed E-state index contributed by atoms with van der Waals surface area (Å²) >= 11 is 0. The van der Waals surface area contributed by atoms with Crippen LogP contribution in [0, 0.1) is 18.8 Å². The van der Waals surface area contributed by atoms with Gasteiger partial charge in [0.25, 0.3) is 0 Å². The number of rotatable bonds is 3. The molecule has 0 aliphatic heterocycles. The van der Waals surface area contributed by atoms with Crippen LogP contribution in [0.25, 0.3) is 0 Å². The fraction of sp³-hybridized carbons (Fsp3) is 0.800. The van der Waals surface area contributed by atoms with Crippen molar-refractivity contribution < 1.29 is 146 Å². The Morgan fingerprint density at radius 1 is 1.00 bits per heavy atom. The van der Waals surface area contributed by atoms with Gasteiger partial charge in [-0.3, -0.25) is 0 Å². The molecule has 11 heteroatoms. The van der Waals surface area contributed by atoms with E-state index in [-0.39, 0.29) is 141 Å². The zero-order valence-electron chi connectivity index (χ0n) is 14.9. The van der Waals surface area contributed by atoms with Gasteiger partial charge in [-0.1, -0.05) is 20.8 Å². The van der Waals surface area contributed by atoms with Crippen molar-refractivity contribution in [2.75, 3.05) is 6.61 Å². The number of nitrogens with zero attached hydrogens (tertiary/aromatic N) is 1. The minimum atomic E-state index is -1.47. The molecule has 0 aromatic rings. The van der Waals surface area contributed by atoms with Crippen molar-refractivity contribution >= 4 is 8.32 Å². The van der Waals surface area contributed by atoms with Crippen molar-refractivity contribution in [3.8, 4) is 0 Å². The molecule has 0 radical (unpaired) electrons. The molecule has 0 rings (SSSR count). The molecule has 0 aromatic carbocycles. The Bertz CT molecular complexity index is 181. The van der Waals surface area contributed by atoms with E-state index in [1.54, 1.807) is 0 Å². The smallest absolute Gasteiger partial charge is 1.00 e. The van der Waals surface area contributed by atoms with Crippen molar-refractivity contribution in [1.82, 2.24) is 0 Å². The zero-order chi connectivity index (χ0) is 11.1. The molecule has 0 aliphatic rings. The van der Waals surface area contributed by atoms with E-state index < -0.39 is 8.32 Å². The molecule has 0 heterocycles. The van der Waals surface area contributed by atoms with Crippen molar-refractivity contribution in [1.29, 1.82) is 5.26 Å². The number of hydrogen-bond acceptors (Lipinski definition) is 2. The van der Waals surface area contributed by atoms with Gasteiger partial charge in [-0.2, -0.15) is 6.42 Å². The summed E-state index contributed by atoms with van der Waals surface area (Å²) in [5.41, 5.74) is 0. The summed E-state index contributed by atoms with van der Waals surface area (Å²) in [6.45, 7) is 20.6. The number of halogens is 3. The second kappa shape index (κ2) is 35.1. The first kappa shape index (κ1) is 64.1. The molecule has 0 fully saturated rings. The van der Waals surface area contributed by atoms with Crippen LogP contribution in [0.2, 0.25) is 18.1 Å². The third kappa shape index (κ3) is 35.8. The Hall–Kier alpha value is 3.89. The molecule has 0 N–H and O–H groups in total. The van der Waals surface area contributed by atoms with Crippen LogP contribution in [0.15, 0.2) is 0 Å². The topological polar surface area (TPSA) is 33.0 Å². The first-order valence-corrected chi connectivity index (χ1v) is 7.37. The minimum absolute atomic E-state index is 0. The van der Waals surface area contributed by atoms with Gasteiger partial charge in [0.1, 0.15) is 0 Å². The van der Waals surface area contributed by atoms with Crippen molar-refractivity contribution in [2.24, 2.45) is 0 Å². The van der Waals surface area contributed by atoms with E-state index in [1.165, 1.54) is 0 Å². The van der Waals surface area contributed by atoms with Crippen LogP contribution in [0.1, 0.15) is 27.2 Å². The van der Waals surface area contributed by atoms with Gasteiger partial charge in [-0.15, -0.1) is 0 Å². The predicted molar refractivity (Wildman–Crippen MR) is 58.1 cm³/mol. The zero-order valence-corrected chi connectivity index (χ0v) is 20.5. The molecule has 0 bridgehead atoms.